The number of amides is 1. The van der Waals surface area contributed by atoms with E-state index in [2.05, 4.69) is 30.9 Å². The number of hydrogen-bond acceptors (Lipinski definition) is 7. The topological polar surface area (TPSA) is 113 Å². The number of nitrogens with zero attached hydrogens (tertiary/aromatic N) is 4. The number of ketones is 1. The van der Waals surface area contributed by atoms with Gasteiger partial charge in [-0.1, -0.05) is 24.3 Å². The minimum atomic E-state index is -0.163. The number of imidazole rings is 1. The second-order valence-corrected chi connectivity index (χ2v) is 7.49. The molecule has 5 rings (SSSR count). The molecule has 0 bridgehead atoms. The fraction of sp³-hybridized carbons (Fsp3) is 0.125. The highest BCUT2D eigenvalue weighted by Crippen LogP contribution is 2.25. The minimum Gasteiger partial charge on any atom is -0.348 e. The molecule has 0 aliphatic carbocycles. The molecule has 0 unspecified atom stereocenters. The van der Waals surface area contributed by atoms with E-state index in [1.807, 2.05) is 34.7 Å². The van der Waals surface area contributed by atoms with E-state index in [4.69, 9.17) is 0 Å². The van der Waals surface area contributed by atoms with Gasteiger partial charge in [0.05, 0.1) is 18.4 Å². The van der Waals surface area contributed by atoms with Gasteiger partial charge >= 0.3 is 0 Å². The number of benzene rings is 1. The Morgan fingerprint density at radius 2 is 1.97 bits per heavy atom. The van der Waals surface area contributed by atoms with Crippen LogP contribution in [0.1, 0.15) is 21.6 Å². The highest BCUT2D eigenvalue weighted by Gasteiger charge is 2.20. The van der Waals surface area contributed by atoms with Gasteiger partial charge in [0.15, 0.2) is 17.2 Å². The molecule has 9 heteroatoms. The van der Waals surface area contributed by atoms with Crippen LogP contribution in [0.15, 0.2) is 73.5 Å². The van der Waals surface area contributed by atoms with Crippen molar-refractivity contribution in [1.82, 2.24) is 30.0 Å². The molecule has 0 radical (unpaired) electrons. The van der Waals surface area contributed by atoms with Gasteiger partial charge in [0.1, 0.15) is 0 Å². The number of rotatable bonds is 6. The van der Waals surface area contributed by atoms with Crippen molar-refractivity contribution < 1.29 is 9.59 Å². The van der Waals surface area contributed by atoms with Crippen molar-refractivity contribution in [3.63, 3.8) is 0 Å². The van der Waals surface area contributed by atoms with E-state index in [9.17, 15) is 9.59 Å². The fourth-order valence-corrected chi connectivity index (χ4v) is 3.71. The predicted molar refractivity (Wildman–Crippen MR) is 124 cm³/mol. The quantitative estimate of drug-likeness (QED) is 0.423. The molecular formula is C24H21N7O2. The van der Waals surface area contributed by atoms with Crippen LogP contribution in [0, 0.1) is 0 Å². The van der Waals surface area contributed by atoms with Gasteiger partial charge in [0.2, 0.25) is 0 Å². The minimum absolute atomic E-state index is 0.0179. The first-order chi connectivity index (χ1) is 16.2. The lowest BCUT2D eigenvalue weighted by molar-refractivity contribution is -0.113. The van der Waals surface area contributed by atoms with Gasteiger partial charge in [0.25, 0.3) is 5.91 Å². The smallest absolute Gasteiger partial charge is 0.251 e. The highest BCUT2D eigenvalue weighted by molar-refractivity contribution is 6.22. The van der Waals surface area contributed by atoms with E-state index in [1.165, 1.54) is 0 Å². The molecule has 0 saturated carbocycles. The van der Waals surface area contributed by atoms with Gasteiger partial charge in [-0.2, -0.15) is 0 Å². The molecule has 33 heavy (non-hydrogen) atoms. The summed E-state index contributed by atoms with van der Waals surface area (Å²) in [4.78, 5) is 38.0. The molecule has 4 heterocycles. The standard InChI is InChI=1S/C24H21N7O2/c32-21-15-26-8-6-18(21)20-14-28-22(23-27-10-11-31(20)23)30-19-7-9-25-12-17(19)13-29-24(33)16-4-2-1-3-5-16/h1-7,9-12,14,26H,8,13,15H2,(H,29,33)(H,25,28,30). The Morgan fingerprint density at radius 3 is 2.82 bits per heavy atom. The largest absolute Gasteiger partial charge is 0.348 e. The second-order valence-electron chi connectivity index (χ2n) is 7.49. The maximum Gasteiger partial charge on any atom is 0.251 e. The Balaban J connectivity index is 1.40. The number of pyridine rings is 1. The van der Waals surface area contributed by atoms with Crippen molar-refractivity contribution >= 4 is 34.4 Å². The predicted octanol–water partition coefficient (Wildman–Crippen LogP) is 2.35. The van der Waals surface area contributed by atoms with E-state index in [-0.39, 0.29) is 11.7 Å². The maximum atomic E-state index is 12.4. The summed E-state index contributed by atoms with van der Waals surface area (Å²) in [6.07, 6.45) is 10.4. The Bertz CT molecular complexity index is 1360. The molecular weight excluding hydrogens is 418 g/mol. The molecule has 3 N–H and O–H groups in total. The molecule has 1 aliphatic heterocycles. The van der Waals surface area contributed by atoms with Crippen LogP contribution in [-0.2, 0) is 11.3 Å². The third kappa shape index (κ3) is 4.21. The summed E-state index contributed by atoms with van der Waals surface area (Å²) >= 11 is 0. The molecule has 1 aromatic carbocycles. The molecule has 0 saturated heterocycles. The van der Waals surface area contributed by atoms with Crippen LogP contribution in [0.2, 0.25) is 0 Å². The number of aromatic nitrogens is 4. The molecule has 0 fully saturated rings. The monoisotopic (exact) mass is 439 g/mol. The van der Waals surface area contributed by atoms with Gasteiger partial charge in [-0.3, -0.25) is 19.0 Å². The summed E-state index contributed by atoms with van der Waals surface area (Å²) in [5, 5.41) is 9.26. The third-order valence-corrected chi connectivity index (χ3v) is 5.37. The molecule has 4 aromatic rings. The van der Waals surface area contributed by atoms with Crippen molar-refractivity contribution in [2.45, 2.75) is 6.54 Å². The van der Waals surface area contributed by atoms with Crippen molar-refractivity contribution in [2.24, 2.45) is 0 Å². The van der Waals surface area contributed by atoms with Crippen LogP contribution in [0.25, 0.3) is 11.2 Å². The van der Waals surface area contributed by atoms with Gasteiger partial charge in [-0.15, -0.1) is 0 Å². The summed E-state index contributed by atoms with van der Waals surface area (Å²) in [6.45, 7) is 1.23. The molecule has 9 nitrogen and oxygen atoms in total. The van der Waals surface area contributed by atoms with E-state index < -0.39 is 0 Å². The molecule has 1 aliphatic rings. The zero-order valence-corrected chi connectivity index (χ0v) is 17.7. The first-order valence-corrected chi connectivity index (χ1v) is 10.5. The van der Waals surface area contributed by atoms with E-state index >= 15 is 0 Å². The summed E-state index contributed by atoms with van der Waals surface area (Å²) < 4.78 is 1.85. The van der Waals surface area contributed by atoms with Crippen LogP contribution in [-0.4, -0.2) is 44.1 Å². The zero-order valence-electron chi connectivity index (χ0n) is 17.7. The molecule has 164 valence electrons. The lowest BCUT2D eigenvalue weighted by Crippen LogP contribution is -2.29. The maximum absolute atomic E-state index is 12.4. The molecule has 0 spiro atoms. The van der Waals surface area contributed by atoms with E-state index in [0.717, 1.165) is 11.3 Å². The number of carbonyl (C=O) groups is 2. The van der Waals surface area contributed by atoms with E-state index in [0.29, 0.717) is 47.9 Å². The molecule has 1 amide bonds. The Hall–Kier alpha value is -4.37. The average molecular weight is 439 g/mol. The number of nitrogens with one attached hydrogen (secondary N) is 3. The highest BCUT2D eigenvalue weighted by atomic mass is 16.1. The van der Waals surface area contributed by atoms with E-state index in [1.54, 1.807) is 43.1 Å². The van der Waals surface area contributed by atoms with Crippen molar-refractivity contribution in [2.75, 3.05) is 18.4 Å². The van der Waals surface area contributed by atoms with Crippen LogP contribution < -0.4 is 16.0 Å². The van der Waals surface area contributed by atoms with Crippen LogP contribution in [0.4, 0.5) is 11.5 Å². The average Bonchev–Trinajstić information content (AvgIpc) is 3.35. The Morgan fingerprint density at radius 1 is 1.09 bits per heavy atom. The zero-order chi connectivity index (χ0) is 22.6. The molecule has 3 aromatic heterocycles. The summed E-state index contributed by atoms with van der Waals surface area (Å²) in [6, 6.07) is 10.9. The number of fused-ring (bicyclic) bond motifs is 1. The lowest BCUT2D eigenvalue weighted by Gasteiger charge is -2.16. The van der Waals surface area contributed by atoms with Crippen molar-refractivity contribution in [1.29, 1.82) is 0 Å². The van der Waals surface area contributed by atoms with Crippen molar-refractivity contribution in [3.05, 3.63) is 90.3 Å². The van der Waals surface area contributed by atoms with Gasteiger partial charge < -0.3 is 16.0 Å². The summed E-state index contributed by atoms with van der Waals surface area (Å²) in [5.41, 5.74) is 4.06. The Labute approximate surface area is 189 Å². The third-order valence-electron chi connectivity index (χ3n) is 5.37. The van der Waals surface area contributed by atoms with Crippen LogP contribution >= 0.6 is 0 Å². The number of Topliss-reactive ketones (excluding diaryl/α,β-unsaturated/α-hetero) is 1. The number of carbonyl (C=O) groups excluding carboxylic acids is 2. The fourth-order valence-electron chi connectivity index (χ4n) is 3.71. The SMILES string of the molecule is O=C1CNCC=C1c1cnc(Nc2ccncc2CNC(=O)c2ccccc2)c2nccn12. The first kappa shape index (κ1) is 20.5. The van der Waals surface area contributed by atoms with Gasteiger partial charge in [0, 0.05) is 60.3 Å². The van der Waals surface area contributed by atoms with Gasteiger partial charge in [-0.25, -0.2) is 9.97 Å². The van der Waals surface area contributed by atoms with Crippen LogP contribution in [0.5, 0.6) is 0 Å². The second kappa shape index (κ2) is 9.01. The summed E-state index contributed by atoms with van der Waals surface area (Å²) in [5.74, 6) is 0.389. The Kier molecular flexibility index (Phi) is 5.61. The molecule has 0 atom stereocenters. The van der Waals surface area contributed by atoms with Crippen molar-refractivity contribution in [3.8, 4) is 0 Å². The summed E-state index contributed by atoms with van der Waals surface area (Å²) in [7, 11) is 0. The number of hydrogen-bond donors (Lipinski definition) is 3. The number of anilines is 2. The first-order valence-electron chi connectivity index (χ1n) is 10.5. The van der Waals surface area contributed by atoms with Crippen LogP contribution in [0.3, 0.4) is 0 Å². The lowest BCUT2D eigenvalue weighted by atomic mass is 10.0. The normalized spacial score (nSPS) is 13.6. The van der Waals surface area contributed by atoms with Gasteiger partial charge in [-0.05, 0) is 18.2 Å².